The smallest absolute Gasteiger partial charge is 0.305 e. The van der Waals surface area contributed by atoms with E-state index in [9.17, 15) is 4.39 Å². The molecule has 0 saturated heterocycles. The Bertz CT molecular complexity index is 637. The van der Waals surface area contributed by atoms with Gasteiger partial charge in [0.25, 0.3) is 0 Å². The van der Waals surface area contributed by atoms with E-state index >= 15 is 0 Å². The summed E-state index contributed by atoms with van der Waals surface area (Å²) in [5, 5.41) is 11.4. The Labute approximate surface area is 115 Å². The first-order valence-electron chi connectivity index (χ1n) is 5.82. The van der Waals surface area contributed by atoms with Gasteiger partial charge in [-0.1, -0.05) is 24.3 Å². The van der Waals surface area contributed by atoms with Gasteiger partial charge in [-0.2, -0.15) is 9.65 Å². The van der Waals surface area contributed by atoms with Crippen LogP contribution < -0.4 is 10.1 Å². The summed E-state index contributed by atoms with van der Waals surface area (Å²) in [6, 6.07) is 12.1. The Hall–Kier alpha value is -2.94. The number of nitriles is 1. The van der Waals surface area contributed by atoms with Crippen molar-refractivity contribution in [3.05, 3.63) is 60.2 Å². The van der Waals surface area contributed by atoms with E-state index in [1.165, 1.54) is 6.20 Å². The number of nitrogens with one attached hydrogen (secondary N) is 1. The molecule has 1 aromatic heterocycles. The lowest BCUT2D eigenvalue weighted by Crippen LogP contribution is -2.28. The summed E-state index contributed by atoms with van der Waals surface area (Å²) < 4.78 is 18.7. The number of nitrogens with zero attached hydrogens (tertiary/aromatic N) is 3. The topological polar surface area (TPSA) is 70.3 Å². The highest BCUT2D eigenvalue weighted by atomic mass is 19.1. The van der Waals surface area contributed by atoms with E-state index in [2.05, 4.69) is 15.3 Å². The normalized spacial score (nSPS) is 10.7. The summed E-state index contributed by atoms with van der Waals surface area (Å²) >= 11 is 0. The largest absolute Gasteiger partial charge is 0.425 e. The maximum atomic E-state index is 13.4. The van der Waals surface area contributed by atoms with Crippen LogP contribution in [0, 0.1) is 17.4 Å². The molecule has 5 nitrogen and oxygen atoms in total. The van der Waals surface area contributed by atoms with Crippen molar-refractivity contribution in [3.63, 3.8) is 0 Å². The van der Waals surface area contributed by atoms with E-state index in [1.807, 2.05) is 6.07 Å². The number of halogens is 1. The van der Waals surface area contributed by atoms with Crippen LogP contribution in [0.15, 0.2) is 53.7 Å². The predicted octanol–water partition coefficient (Wildman–Crippen LogP) is 2.23. The van der Waals surface area contributed by atoms with Gasteiger partial charge in [-0.05, 0) is 18.2 Å². The number of aromatic nitrogens is 1. The van der Waals surface area contributed by atoms with Gasteiger partial charge in [-0.25, -0.2) is 4.98 Å². The van der Waals surface area contributed by atoms with Crippen LogP contribution in [0.3, 0.4) is 0 Å². The third-order valence-electron chi connectivity index (χ3n) is 2.38. The zero-order valence-corrected chi connectivity index (χ0v) is 10.5. The number of amidine groups is 1. The molecule has 1 heterocycles. The summed E-state index contributed by atoms with van der Waals surface area (Å²) in [7, 11) is 0. The molecule has 0 amide bonds. The molecule has 0 aliphatic carbocycles. The molecular weight excluding hydrogens is 259 g/mol. The standard InChI is InChI=1S/C14H11FN4O/c15-13-11(5-4-8-17-13)9-18-14(19-10-16)20-12-6-2-1-3-7-12/h1-8H,9H2,(H,18,19). The van der Waals surface area contributed by atoms with Gasteiger partial charge in [-0.3, -0.25) is 0 Å². The van der Waals surface area contributed by atoms with Crippen molar-refractivity contribution in [2.45, 2.75) is 6.54 Å². The molecule has 2 rings (SSSR count). The third kappa shape index (κ3) is 3.78. The molecule has 0 spiro atoms. The van der Waals surface area contributed by atoms with Crippen LogP contribution in [-0.2, 0) is 6.54 Å². The zero-order chi connectivity index (χ0) is 14.2. The van der Waals surface area contributed by atoms with E-state index < -0.39 is 5.95 Å². The van der Waals surface area contributed by atoms with Crippen LogP contribution >= 0.6 is 0 Å². The average Bonchev–Trinajstić information content (AvgIpc) is 2.47. The predicted molar refractivity (Wildman–Crippen MR) is 71.2 cm³/mol. The molecule has 0 aliphatic heterocycles. The molecule has 0 radical (unpaired) electrons. The van der Waals surface area contributed by atoms with Crippen LogP contribution in [0.25, 0.3) is 0 Å². The van der Waals surface area contributed by atoms with Gasteiger partial charge in [0, 0.05) is 18.3 Å². The molecule has 1 aromatic carbocycles. The highest BCUT2D eigenvalue weighted by molar-refractivity contribution is 5.77. The number of para-hydroxylation sites is 1. The van der Waals surface area contributed by atoms with Gasteiger partial charge in [-0.15, -0.1) is 4.99 Å². The number of benzene rings is 1. The van der Waals surface area contributed by atoms with Gasteiger partial charge in [0.15, 0.2) is 0 Å². The fraction of sp³-hybridized carbons (Fsp3) is 0.0714. The van der Waals surface area contributed by atoms with Gasteiger partial charge >= 0.3 is 6.02 Å². The van der Waals surface area contributed by atoms with Gasteiger partial charge < -0.3 is 10.1 Å². The molecule has 2 aromatic rings. The van der Waals surface area contributed by atoms with Crippen LogP contribution in [0.2, 0.25) is 0 Å². The SMILES string of the molecule is N#C/N=C(/NCc1cccnc1F)Oc1ccccc1. The minimum atomic E-state index is -0.573. The number of hydrogen-bond donors (Lipinski definition) is 1. The van der Waals surface area contributed by atoms with Gasteiger partial charge in [0.05, 0.1) is 0 Å². The molecule has 0 bridgehead atoms. The highest BCUT2D eigenvalue weighted by Gasteiger charge is 2.06. The van der Waals surface area contributed by atoms with Crippen molar-refractivity contribution in [2.75, 3.05) is 0 Å². The molecule has 1 N–H and O–H groups in total. The number of rotatable bonds is 3. The monoisotopic (exact) mass is 270 g/mol. The van der Waals surface area contributed by atoms with Crippen LogP contribution in [-0.4, -0.2) is 11.0 Å². The quantitative estimate of drug-likeness (QED) is 0.402. The molecule has 0 fully saturated rings. The Balaban J connectivity index is 2.03. The number of pyridine rings is 1. The van der Waals surface area contributed by atoms with E-state index in [0.29, 0.717) is 11.3 Å². The number of ether oxygens (including phenoxy) is 1. The molecule has 0 aliphatic rings. The summed E-state index contributed by atoms with van der Waals surface area (Å²) in [4.78, 5) is 7.04. The van der Waals surface area contributed by atoms with Crippen molar-refractivity contribution in [3.8, 4) is 11.9 Å². The first kappa shape index (κ1) is 13.5. The Morgan fingerprint density at radius 3 is 2.80 bits per heavy atom. The lowest BCUT2D eigenvalue weighted by atomic mass is 10.3. The van der Waals surface area contributed by atoms with Gasteiger partial charge in [0.2, 0.25) is 12.1 Å². The maximum absolute atomic E-state index is 13.4. The Morgan fingerprint density at radius 2 is 2.10 bits per heavy atom. The second kappa shape index (κ2) is 6.85. The molecule has 0 atom stereocenters. The fourth-order valence-electron chi connectivity index (χ4n) is 1.47. The van der Waals surface area contributed by atoms with Crippen LogP contribution in [0.5, 0.6) is 5.75 Å². The molecule has 6 heteroatoms. The van der Waals surface area contributed by atoms with E-state index in [4.69, 9.17) is 10.00 Å². The Morgan fingerprint density at radius 1 is 1.30 bits per heavy atom. The number of aliphatic imine (C=N–C) groups is 1. The van der Waals surface area contributed by atoms with E-state index in [1.54, 1.807) is 42.6 Å². The van der Waals surface area contributed by atoms with Crippen molar-refractivity contribution in [2.24, 2.45) is 4.99 Å². The number of hydrogen-bond acceptors (Lipinski definition) is 4. The van der Waals surface area contributed by atoms with Crippen molar-refractivity contribution < 1.29 is 9.13 Å². The lowest BCUT2D eigenvalue weighted by molar-refractivity contribution is 0.508. The zero-order valence-electron chi connectivity index (χ0n) is 10.5. The van der Waals surface area contributed by atoms with E-state index in [0.717, 1.165) is 0 Å². The van der Waals surface area contributed by atoms with Crippen LogP contribution in [0.4, 0.5) is 4.39 Å². The average molecular weight is 270 g/mol. The van der Waals surface area contributed by atoms with Crippen molar-refractivity contribution in [1.29, 1.82) is 5.26 Å². The summed E-state index contributed by atoms with van der Waals surface area (Å²) in [5.41, 5.74) is 0.356. The summed E-state index contributed by atoms with van der Waals surface area (Å²) in [6.45, 7) is 0.118. The molecular formula is C14H11FN4O. The summed E-state index contributed by atoms with van der Waals surface area (Å²) in [5.74, 6) is -0.0447. The maximum Gasteiger partial charge on any atom is 0.305 e. The highest BCUT2D eigenvalue weighted by Crippen LogP contribution is 2.09. The minimum absolute atomic E-state index is 0.00181. The fourth-order valence-corrected chi connectivity index (χ4v) is 1.47. The second-order valence-corrected chi connectivity index (χ2v) is 3.74. The van der Waals surface area contributed by atoms with Gasteiger partial charge in [0.1, 0.15) is 5.75 Å². The summed E-state index contributed by atoms with van der Waals surface area (Å²) in [6.07, 6.45) is 2.99. The van der Waals surface area contributed by atoms with E-state index in [-0.39, 0.29) is 12.6 Å². The molecule has 20 heavy (non-hydrogen) atoms. The second-order valence-electron chi connectivity index (χ2n) is 3.74. The Kier molecular flexibility index (Phi) is 4.62. The lowest BCUT2D eigenvalue weighted by Gasteiger charge is -2.09. The van der Waals surface area contributed by atoms with Crippen molar-refractivity contribution in [1.82, 2.24) is 10.3 Å². The minimum Gasteiger partial charge on any atom is -0.425 e. The van der Waals surface area contributed by atoms with Crippen molar-refractivity contribution >= 4 is 6.02 Å². The van der Waals surface area contributed by atoms with Crippen LogP contribution in [0.1, 0.15) is 5.56 Å². The first-order valence-corrected chi connectivity index (χ1v) is 5.82. The molecule has 100 valence electrons. The molecule has 0 unspecified atom stereocenters. The first-order chi connectivity index (χ1) is 9.79. The third-order valence-corrected chi connectivity index (χ3v) is 2.38. The molecule has 0 saturated carbocycles.